The number of ether oxygens (including phenoxy) is 1. The lowest BCUT2D eigenvalue weighted by Crippen LogP contribution is -2.49. The molecule has 31 heavy (non-hydrogen) atoms. The highest BCUT2D eigenvalue weighted by atomic mass is 16.5. The molecule has 1 aliphatic heterocycles. The summed E-state index contributed by atoms with van der Waals surface area (Å²) in [6.07, 6.45) is 3.77. The van der Waals surface area contributed by atoms with E-state index in [1.807, 2.05) is 29.2 Å². The highest BCUT2D eigenvalue weighted by molar-refractivity contribution is 5.91. The number of nitrogens with one attached hydrogen (secondary N) is 1. The number of methoxy groups -OCH3 is 1. The molecule has 0 aromatic heterocycles. The average Bonchev–Trinajstić information content (AvgIpc) is 3.56. The van der Waals surface area contributed by atoms with Gasteiger partial charge in [0.2, 0.25) is 11.8 Å². The van der Waals surface area contributed by atoms with Crippen LogP contribution in [-0.4, -0.2) is 43.0 Å². The van der Waals surface area contributed by atoms with Crippen LogP contribution in [0.15, 0.2) is 42.5 Å². The maximum absolute atomic E-state index is 13.1. The van der Waals surface area contributed by atoms with Crippen molar-refractivity contribution in [1.29, 1.82) is 0 Å². The van der Waals surface area contributed by atoms with Gasteiger partial charge in [-0.15, -0.1) is 0 Å². The van der Waals surface area contributed by atoms with Crippen molar-refractivity contribution in [3.05, 3.63) is 64.7 Å². The van der Waals surface area contributed by atoms with Crippen molar-refractivity contribution in [2.24, 2.45) is 0 Å². The summed E-state index contributed by atoms with van der Waals surface area (Å²) in [6, 6.07) is 14.2. The highest BCUT2D eigenvalue weighted by Crippen LogP contribution is 2.49. The lowest BCUT2D eigenvalue weighted by atomic mass is 9.91. The summed E-state index contributed by atoms with van der Waals surface area (Å²) in [7, 11) is 1.63. The number of nitrogens with zero attached hydrogens (tertiary/aromatic N) is 1. The van der Waals surface area contributed by atoms with Gasteiger partial charge in [0.05, 0.1) is 18.9 Å². The van der Waals surface area contributed by atoms with E-state index in [1.165, 1.54) is 11.1 Å². The number of hydrogen-bond acceptors (Lipinski definition) is 3. The Bertz CT molecular complexity index is 952. The van der Waals surface area contributed by atoms with Gasteiger partial charge in [-0.1, -0.05) is 47.5 Å². The molecule has 5 nitrogen and oxygen atoms in total. The number of piperidine rings is 1. The third kappa shape index (κ3) is 4.60. The van der Waals surface area contributed by atoms with Crippen LogP contribution in [0.25, 0.3) is 0 Å². The molecule has 0 radical (unpaired) electrons. The van der Waals surface area contributed by atoms with E-state index < -0.39 is 0 Å². The van der Waals surface area contributed by atoms with Gasteiger partial charge in [0, 0.05) is 24.7 Å². The molecule has 1 N–H and O–H groups in total. The van der Waals surface area contributed by atoms with E-state index in [9.17, 15) is 9.59 Å². The van der Waals surface area contributed by atoms with Gasteiger partial charge in [-0.3, -0.25) is 9.59 Å². The quantitative estimate of drug-likeness (QED) is 0.775. The SMILES string of the molecule is COc1ccccc1CC(=O)N1CCC(NC(=O)C2(c3cc(C)cc(C)c3)CC2)CC1. The first-order chi connectivity index (χ1) is 14.9. The summed E-state index contributed by atoms with van der Waals surface area (Å²) in [5.41, 5.74) is 4.11. The molecule has 0 unspecified atom stereocenters. The number of hydrogen-bond donors (Lipinski definition) is 1. The normalized spacial score (nSPS) is 17.8. The molecule has 1 saturated carbocycles. The molecule has 2 aliphatic rings. The molecule has 5 heteroatoms. The summed E-state index contributed by atoms with van der Waals surface area (Å²) in [5, 5.41) is 3.29. The van der Waals surface area contributed by atoms with E-state index in [2.05, 4.69) is 37.4 Å². The van der Waals surface area contributed by atoms with Crippen molar-refractivity contribution < 1.29 is 14.3 Å². The maximum atomic E-state index is 13.1. The Morgan fingerprint density at radius 2 is 1.71 bits per heavy atom. The van der Waals surface area contributed by atoms with Gasteiger partial charge in [0.25, 0.3) is 0 Å². The van der Waals surface area contributed by atoms with Crippen LogP contribution >= 0.6 is 0 Å². The number of amides is 2. The molecular formula is C26H32N2O3. The zero-order valence-electron chi connectivity index (χ0n) is 18.7. The summed E-state index contributed by atoms with van der Waals surface area (Å²) in [6.45, 7) is 5.52. The number of carbonyl (C=O) groups is 2. The van der Waals surface area contributed by atoms with Crippen molar-refractivity contribution >= 4 is 11.8 Å². The fourth-order valence-corrected chi connectivity index (χ4v) is 4.74. The lowest BCUT2D eigenvalue weighted by Gasteiger charge is -2.33. The van der Waals surface area contributed by atoms with Crippen LogP contribution in [0.2, 0.25) is 0 Å². The maximum Gasteiger partial charge on any atom is 0.230 e. The third-order valence-corrected chi connectivity index (χ3v) is 6.68. The minimum Gasteiger partial charge on any atom is -0.496 e. The molecule has 2 aromatic rings. The van der Waals surface area contributed by atoms with Crippen molar-refractivity contribution in [2.45, 2.75) is 57.4 Å². The Morgan fingerprint density at radius 1 is 1.06 bits per heavy atom. The van der Waals surface area contributed by atoms with Crippen molar-refractivity contribution in [1.82, 2.24) is 10.2 Å². The van der Waals surface area contributed by atoms with Crippen LogP contribution in [0.4, 0.5) is 0 Å². The number of aryl methyl sites for hydroxylation is 2. The van der Waals surface area contributed by atoms with Gasteiger partial charge in [-0.25, -0.2) is 0 Å². The standard InChI is InChI=1S/C26H32N2O3/c1-18-14-19(2)16-21(15-18)26(10-11-26)25(30)27-22-8-12-28(13-9-22)24(29)17-20-6-4-5-7-23(20)31-3/h4-7,14-16,22H,8-13,17H2,1-3H3,(H,27,30). The van der Waals surface area contributed by atoms with Gasteiger partial charge in [-0.05, 0) is 51.2 Å². The molecule has 0 spiro atoms. The van der Waals surface area contributed by atoms with Crippen molar-refractivity contribution in [3.8, 4) is 5.75 Å². The topological polar surface area (TPSA) is 58.6 Å². The minimum atomic E-state index is -0.354. The zero-order valence-corrected chi connectivity index (χ0v) is 18.7. The highest BCUT2D eigenvalue weighted by Gasteiger charge is 2.51. The van der Waals surface area contributed by atoms with E-state index in [0.29, 0.717) is 19.5 Å². The number of carbonyl (C=O) groups excluding carboxylic acids is 2. The summed E-state index contributed by atoms with van der Waals surface area (Å²) < 4.78 is 5.37. The van der Waals surface area contributed by atoms with Crippen LogP contribution in [0.5, 0.6) is 5.75 Å². The number of rotatable bonds is 6. The molecule has 1 saturated heterocycles. The number of benzene rings is 2. The second kappa shape index (κ2) is 8.74. The Morgan fingerprint density at radius 3 is 2.32 bits per heavy atom. The average molecular weight is 421 g/mol. The van der Waals surface area contributed by atoms with Crippen molar-refractivity contribution in [3.63, 3.8) is 0 Å². The van der Waals surface area contributed by atoms with E-state index in [1.54, 1.807) is 7.11 Å². The zero-order chi connectivity index (χ0) is 22.0. The predicted molar refractivity (Wildman–Crippen MR) is 121 cm³/mol. The molecule has 164 valence electrons. The summed E-state index contributed by atoms with van der Waals surface area (Å²) in [5.74, 6) is 1.01. The van der Waals surface area contributed by atoms with E-state index in [4.69, 9.17) is 4.74 Å². The molecule has 1 aliphatic carbocycles. The molecule has 2 fully saturated rings. The molecular weight excluding hydrogens is 388 g/mol. The Hall–Kier alpha value is -2.82. The smallest absolute Gasteiger partial charge is 0.230 e. The van der Waals surface area contributed by atoms with Gasteiger partial charge >= 0.3 is 0 Å². The fourth-order valence-electron chi connectivity index (χ4n) is 4.74. The fraction of sp³-hybridized carbons (Fsp3) is 0.462. The molecule has 2 aromatic carbocycles. The minimum absolute atomic E-state index is 0.114. The van der Waals surface area contributed by atoms with Crippen LogP contribution in [0.3, 0.4) is 0 Å². The molecule has 0 bridgehead atoms. The Kier molecular flexibility index (Phi) is 6.03. The van der Waals surface area contributed by atoms with E-state index >= 15 is 0 Å². The van der Waals surface area contributed by atoms with Crippen LogP contribution in [-0.2, 0) is 21.4 Å². The molecule has 4 rings (SSSR count). The second-order valence-electron chi connectivity index (χ2n) is 9.08. The van der Waals surface area contributed by atoms with Crippen LogP contribution < -0.4 is 10.1 Å². The third-order valence-electron chi connectivity index (χ3n) is 6.68. The van der Waals surface area contributed by atoms with Gasteiger partial charge in [0.15, 0.2) is 0 Å². The second-order valence-corrected chi connectivity index (χ2v) is 9.08. The number of para-hydroxylation sites is 1. The molecule has 1 heterocycles. The Labute approximate surface area is 184 Å². The first-order valence-electron chi connectivity index (χ1n) is 11.2. The van der Waals surface area contributed by atoms with E-state index in [0.717, 1.165) is 42.6 Å². The van der Waals surface area contributed by atoms with Crippen LogP contribution in [0.1, 0.15) is 47.9 Å². The number of likely N-dealkylation sites (tertiary alicyclic amines) is 1. The predicted octanol–water partition coefficient (Wildman–Crippen LogP) is 3.69. The first kappa shape index (κ1) is 21.4. The summed E-state index contributed by atoms with van der Waals surface area (Å²) >= 11 is 0. The lowest BCUT2D eigenvalue weighted by molar-refractivity contribution is -0.131. The van der Waals surface area contributed by atoms with Gasteiger partial charge < -0.3 is 15.0 Å². The van der Waals surface area contributed by atoms with Crippen LogP contribution in [0, 0.1) is 13.8 Å². The largest absolute Gasteiger partial charge is 0.496 e. The molecule has 2 amide bonds. The Balaban J connectivity index is 1.32. The first-order valence-corrected chi connectivity index (χ1v) is 11.2. The molecule has 0 atom stereocenters. The summed E-state index contributed by atoms with van der Waals surface area (Å²) in [4.78, 5) is 27.8. The van der Waals surface area contributed by atoms with Crippen molar-refractivity contribution in [2.75, 3.05) is 20.2 Å². The monoisotopic (exact) mass is 420 g/mol. The van der Waals surface area contributed by atoms with E-state index in [-0.39, 0.29) is 23.3 Å². The van der Waals surface area contributed by atoms with Gasteiger partial charge in [0.1, 0.15) is 5.75 Å². The van der Waals surface area contributed by atoms with Gasteiger partial charge in [-0.2, -0.15) is 0 Å².